The van der Waals surface area contributed by atoms with Crippen LogP contribution in [0.25, 0.3) is 0 Å². The van der Waals surface area contributed by atoms with Crippen LogP contribution in [0.5, 0.6) is 0 Å². The molecule has 4 nitrogen and oxygen atoms in total. The number of rotatable bonds is 7. The van der Waals surface area contributed by atoms with Crippen LogP contribution in [-0.4, -0.2) is 28.8 Å². The van der Waals surface area contributed by atoms with Crippen molar-refractivity contribution in [3.8, 4) is 0 Å². The average Bonchev–Trinajstić information content (AvgIpc) is 2.73. The molecule has 2 amide bonds. The molecule has 0 unspecified atom stereocenters. The number of amides is 2. The van der Waals surface area contributed by atoms with Gasteiger partial charge in [-0.1, -0.05) is 66.7 Å². The summed E-state index contributed by atoms with van der Waals surface area (Å²) in [5, 5.41) is 4.37. The van der Waals surface area contributed by atoms with Gasteiger partial charge in [-0.2, -0.15) is 0 Å². The maximum absolute atomic E-state index is 13.2. The standard InChI is InChI=1S/C24H28Cl2N2O2/c1-17(24(30)27-22-8-3-2-4-9-22)28(16-18-10-12-20(25)13-11-18)23(29)15-19-6-5-7-21(26)14-19/h5-7,10-14,17,22H,2-4,8-9,15-16H2,1H3,(H,27,30)/t17-/m0/s1. The van der Waals surface area contributed by atoms with E-state index in [9.17, 15) is 9.59 Å². The predicted molar refractivity (Wildman–Crippen MR) is 122 cm³/mol. The van der Waals surface area contributed by atoms with E-state index in [1.165, 1.54) is 6.42 Å². The Morgan fingerprint density at radius 3 is 2.37 bits per heavy atom. The van der Waals surface area contributed by atoms with Crippen LogP contribution in [0.1, 0.15) is 50.2 Å². The lowest BCUT2D eigenvalue weighted by Gasteiger charge is -2.31. The Labute approximate surface area is 188 Å². The number of nitrogens with zero attached hydrogens (tertiary/aromatic N) is 1. The molecule has 2 aromatic rings. The lowest BCUT2D eigenvalue weighted by molar-refractivity contribution is -0.140. The summed E-state index contributed by atoms with van der Waals surface area (Å²) in [6.45, 7) is 2.14. The zero-order chi connectivity index (χ0) is 21.5. The molecule has 0 spiro atoms. The highest BCUT2D eigenvalue weighted by molar-refractivity contribution is 6.30. The number of hydrogen-bond donors (Lipinski definition) is 1. The van der Waals surface area contributed by atoms with E-state index in [1.54, 1.807) is 36.1 Å². The van der Waals surface area contributed by atoms with Crippen molar-refractivity contribution in [2.75, 3.05) is 0 Å². The maximum atomic E-state index is 13.2. The van der Waals surface area contributed by atoms with Crippen LogP contribution in [0, 0.1) is 0 Å². The third kappa shape index (κ3) is 6.48. The molecule has 1 aliphatic rings. The second-order valence-corrected chi connectivity index (χ2v) is 8.85. The average molecular weight is 447 g/mol. The van der Waals surface area contributed by atoms with Gasteiger partial charge in [0.2, 0.25) is 11.8 Å². The molecular weight excluding hydrogens is 419 g/mol. The van der Waals surface area contributed by atoms with E-state index in [4.69, 9.17) is 23.2 Å². The first kappa shape index (κ1) is 22.6. The van der Waals surface area contributed by atoms with Crippen molar-refractivity contribution < 1.29 is 9.59 Å². The van der Waals surface area contributed by atoms with Gasteiger partial charge in [0.15, 0.2) is 0 Å². The van der Waals surface area contributed by atoms with Crippen LogP contribution in [0.3, 0.4) is 0 Å². The van der Waals surface area contributed by atoms with Crippen molar-refractivity contribution in [3.63, 3.8) is 0 Å². The number of nitrogens with one attached hydrogen (secondary N) is 1. The van der Waals surface area contributed by atoms with Crippen molar-refractivity contribution >= 4 is 35.0 Å². The van der Waals surface area contributed by atoms with Crippen LogP contribution < -0.4 is 5.32 Å². The van der Waals surface area contributed by atoms with Crippen LogP contribution in [0.2, 0.25) is 10.0 Å². The SMILES string of the molecule is C[C@@H](C(=O)NC1CCCCC1)N(Cc1ccc(Cl)cc1)C(=O)Cc1cccc(Cl)c1. The zero-order valence-electron chi connectivity index (χ0n) is 17.2. The number of halogens is 2. The summed E-state index contributed by atoms with van der Waals surface area (Å²) in [7, 11) is 0. The summed E-state index contributed by atoms with van der Waals surface area (Å²) >= 11 is 12.1. The van der Waals surface area contributed by atoms with Gasteiger partial charge in [-0.15, -0.1) is 0 Å². The van der Waals surface area contributed by atoms with Gasteiger partial charge < -0.3 is 10.2 Å². The maximum Gasteiger partial charge on any atom is 0.242 e. The fourth-order valence-corrected chi connectivity index (χ4v) is 4.20. The molecule has 160 valence electrons. The van der Waals surface area contributed by atoms with E-state index in [-0.39, 0.29) is 24.3 Å². The molecule has 3 rings (SSSR count). The molecule has 1 aliphatic carbocycles. The van der Waals surface area contributed by atoms with E-state index in [2.05, 4.69) is 5.32 Å². The van der Waals surface area contributed by atoms with Crippen LogP contribution in [0.4, 0.5) is 0 Å². The summed E-state index contributed by atoms with van der Waals surface area (Å²) in [5.41, 5.74) is 1.75. The van der Waals surface area contributed by atoms with E-state index in [1.807, 2.05) is 24.3 Å². The van der Waals surface area contributed by atoms with Crippen LogP contribution in [0.15, 0.2) is 48.5 Å². The molecule has 0 bridgehead atoms. The normalized spacial score (nSPS) is 15.4. The molecular formula is C24H28Cl2N2O2. The predicted octanol–water partition coefficient (Wildman–Crippen LogP) is 5.40. The number of carbonyl (C=O) groups is 2. The number of hydrogen-bond acceptors (Lipinski definition) is 2. The minimum Gasteiger partial charge on any atom is -0.352 e. The molecule has 1 fully saturated rings. The molecule has 1 atom stereocenters. The van der Waals surface area contributed by atoms with Crippen LogP contribution >= 0.6 is 23.2 Å². The molecule has 0 radical (unpaired) electrons. The Morgan fingerprint density at radius 2 is 1.70 bits per heavy atom. The summed E-state index contributed by atoms with van der Waals surface area (Å²) in [4.78, 5) is 27.8. The third-order valence-electron chi connectivity index (χ3n) is 5.63. The Morgan fingerprint density at radius 1 is 1.00 bits per heavy atom. The van der Waals surface area contributed by atoms with Crippen molar-refractivity contribution in [1.82, 2.24) is 10.2 Å². The topological polar surface area (TPSA) is 49.4 Å². The number of carbonyl (C=O) groups excluding carboxylic acids is 2. The molecule has 0 saturated heterocycles. The van der Waals surface area contributed by atoms with Crippen LogP contribution in [-0.2, 0) is 22.6 Å². The van der Waals surface area contributed by atoms with Gasteiger partial charge in [0.1, 0.15) is 6.04 Å². The van der Waals surface area contributed by atoms with Gasteiger partial charge in [-0.25, -0.2) is 0 Å². The fourth-order valence-electron chi connectivity index (χ4n) is 3.86. The molecule has 0 aromatic heterocycles. The van der Waals surface area contributed by atoms with Gasteiger partial charge in [-0.3, -0.25) is 9.59 Å². The van der Waals surface area contributed by atoms with Gasteiger partial charge in [0, 0.05) is 22.6 Å². The molecule has 6 heteroatoms. The highest BCUT2D eigenvalue weighted by Gasteiger charge is 2.28. The number of benzene rings is 2. The molecule has 2 aromatic carbocycles. The zero-order valence-corrected chi connectivity index (χ0v) is 18.8. The van der Waals surface area contributed by atoms with E-state index >= 15 is 0 Å². The van der Waals surface area contributed by atoms with Gasteiger partial charge in [0.25, 0.3) is 0 Å². The Kier molecular flexibility index (Phi) is 8.17. The summed E-state index contributed by atoms with van der Waals surface area (Å²) < 4.78 is 0. The highest BCUT2D eigenvalue weighted by atomic mass is 35.5. The molecule has 0 aliphatic heterocycles. The molecule has 1 saturated carbocycles. The van der Waals surface area contributed by atoms with Gasteiger partial charge in [0.05, 0.1) is 6.42 Å². The molecule has 30 heavy (non-hydrogen) atoms. The first-order chi connectivity index (χ1) is 14.4. The first-order valence-electron chi connectivity index (χ1n) is 10.5. The van der Waals surface area contributed by atoms with Crippen molar-refractivity contribution in [1.29, 1.82) is 0 Å². The lowest BCUT2D eigenvalue weighted by Crippen LogP contribution is -2.50. The second kappa shape index (κ2) is 10.8. The largest absolute Gasteiger partial charge is 0.352 e. The van der Waals surface area contributed by atoms with Crippen molar-refractivity contribution in [2.45, 2.75) is 64.1 Å². The molecule has 0 heterocycles. The Bertz CT molecular complexity index is 864. The smallest absolute Gasteiger partial charge is 0.242 e. The van der Waals surface area contributed by atoms with E-state index < -0.39 is 6.04 Å². The minimum atomic E-state index is -0.575. The second-order valence-electron chi connectivity index (χ2n) is 7.97. The van der Waals surface area contributed by atoms with E-state index in [0.29, 0.717) is 16.6 Å². The Hall–Kier alpha value is -2.04. The van der Waals surface area contributed by atoms with Gasteiger partial charge in [-0.05, 0) is 55.2 Å². The third-order valence-corrected chi connectivity index (χ3v) is 6.12. The Balaban J connectivity index is 1.75. The highest BCUT2D eigenvalue weighted by Crippen LogP contribution is 2.19. The van der Waals surface area contributed by atoms with Crippen molar-refractivity contribution in [3.05, 3.63) is 69.7 Å². The minimum absolute atomic E-state index is 0.102. The summed E-state index contributed by atoms with van der Waals surface area (Å²) in [6, 6.07) is 14.2. The lowest BCUT2D eigenvalue weighted by atomic mass is 9.95. The summed E-state index contributed by atoms with van der Waals surface area (Å²) in [6.07, 6.45) is 5.71. The van der Waals surface area contributed by atoms with E-state index in [0.717, 1.165) is 36.8 Å². The van der Waals surface area contributed by atoms with Crippen molar-refractivity contribution in [2.24, 2.45) is 0 Å². The summed E-state index contributed by atoms with van der Waals surface area (Å²) in [5.74, 6) is -0.214. The molecule has 1 N–H and O–H groups in total. The first-order valence-corrected chi connectivity index (χ1v) is 11.3. The fraction of sp³-hybridized carbons (Fsp3) is 0.417. The van der Waals surface area contributed by atoms with Gasteiger partial charge >= 0.3 is 0 Å². The monoisotopic (exact) mass is 446 g/mol. The quantitative estimate of drug-likeness (QED) is 0.618.